The molecule has 0 aliphatic carbocycles. The van der Waals surface area contributed by atoms with Crippen molar-refractivity contribution in [3.05, 3.63) is 23.3 Å². The second kappa shape index (κ2) is 7.01. The van der Waals surface area contributed by atoms with Gasteiger partial charge in [-0.25, -0.2) is 0 Å². The second-order valence-electron chi connectivity index (χ2n) is 4.43. The first kappa shape index (κ1) is 14.5. The van der Waals surface area contributed by atoms with E-state index in [1.54, 1.807) is 0 Å². The molecule has 0 aliphatic rings. The number of nitrogen functional groups attached to an aromatic ring is 1. The molecular formula is C14H22N2O2. The lowest BCUT2D eigenvalue weighted by molar-refractivity contribution is -0.117. The van der Waals surface area contributed by atoms with Gasteiger partial charge < -0.3 is 15.8 Å². The number of carbonyl (C=O) groups is 1. The van der Waals surface area contributed by atoms with Gasteiger partial charge in [0.05, 0.1) is 13.0 Å². The van der Waals surface area contributed by atoms with Crippen LogP contribution in [0, 0.1) is 13.8 Å². The monoisotopic (exact) mass is 250 g/mol. The number of nitrogens with two attached hydrogens (primary N) is 1. The quantitative estimate of drug-likeness (QED) is 0.602. The number of aryl methyl sites for hydroxylation is 2. The number of benzene rings is 1. The first-order chi connectivity index (χ1) is 8.54. The Kier molecular flexibility index (Phi) is 5.65. The van der Waals surface area contributed by atoms with Gasteiger partial charge in [-0.2, -0.15) is 0 Å². The van der Waals surface area contributed by atoms with Crippen LogP contribution >= 0.6 is 0 Å². The summed E-state index contributed by atoms with van der Waals surface area (Å²) >= 11 is 0. The van der Waals surface area contributed by atoms with Gasteiger partial charge in [0.25, 0.3) is 0 Å². The van der Waals surface area contributed by atoms with Gasteiger partial charge in [0.2, 0.25) is 5.91 Å². The van der Waals surface area contributed by atoms with Crippen LogP contribution in [-0.4, -0.2) is 19.1 Å². The Bertz CT molecular complexity index is 417. The van der Waals surface area contributed by atoms with E-state index in [4.69, 9.17) is 10.5 Å². The minimum Gasteiger partial charge on any atom is -0.399 e. The number of hydrogen-bond donors (Lipinski definition) is 2. The van der Waals surface area contributed by atoms with Gasteiger partial charge in [-0.1, -0.05) is 6.92 Å². The summed E-state index contributed by atoms with van der Waals surface area (Å²) in [5.74, 6) is -0.0293. The molecule has 1 rings (SSSR count). The maximum absolute atomic E-state index is 11.7. The molecule has 0 saturated heterocycles. The predicted octanol–water partition coefficient (Wildman–Crippen LogP) is 2.64. The van der Waals surface area contributed by atoms with Crippen molar-refractivity contribution in [1.82, 2.24) is 0 Å². The molecule has 4 nitrogen and oxygen atoms in total. The molecule has 1 amide bonds. The third-order valence-electron chi connectivity index (χ3n) is 2.71. The first-order valence-corrected chi connectivity index (χ1v) is 6.29. The normalized spacial score (nSPS) is 10.4. The number of carbonyl (C=O) groups excluding carboxylic acids is 1. The lowest BCUT2D eigenvalue weighted by Gasteiger charge is -2.11. The molecule has 0 saturated carbocycles. The van der Waals surface area contributed by atoms with Gasteiger partial charge in [0.15, 0.2) is 0 Å². The van der Waals surface area contributed by atoms with Crippen LogP contribution in [0.3, 0.4) is 0 Å². The molecule has 0 aliphatic heterocycles. The maximum atomic E-state index is 11.7. The second-order valence-corrected chi connectivity index (χ2v) is 4.43. The number of anilines is 2. The average molecular weight is 250 g/mol. The molecule has 0 radical (unpaired) electrons. The van der Waals surface area contributed by atoms with Crippen LogP contribution in [0.5, 0.6) is 0 Å². The van der Waals surface area contributed by atoms with Crippen molar-refractivity contribution in [2.45, 2.75) is 33.6 Å². The molecular weight excluding hydrogens is 228 g/mol. The highest BCUT2D eigenvalue weighted by molar-refractivity contribution is 5.92. The van der Waals surface area contributed by atoms with E-state index in [1.165, 1.54) is 0 Å². The summed E-state index contributed by atoms with van der Waals surface area (Å²) < 4.78 is 5.28. The van der Waals surface area contributed by atoms with E-state index in [0.717, 1.165) is 28.9 Å². The zero-order valence-corrected chi connectivity index (χ0v) is 11.4. The summed E-state index contributed by atoms with van der Waals surface area (Å²) in [6.45, 7) is 7.06. The molecule has 3 N–H and O–H groups in total. The molecule has 1 aromatic carbocycles. The van der Waals surface area contributed by atoms with E-state index < -0.39 is 0 Å². The van der Waals surface area contributed by atoms with Gasteiger partial charge in [-0.3, -0.25) is 4.79 Å². The molecule has 100 valence electrons. The fourth-order valence-corrected chi connectivity index (χ4v) is 1.60. The summed E-state index contributed by atoms with van der Waals surface area (Å²) in [6, 6.07) is 3.77. The van der Waals surface area contributed by atoms with Crippen LogP contribution in [0.25, 0.3) is 0 Å². The zero-order valence-electron chi connectivity index (χ0n) is 11.4. The van der Waals surface area contributed by atoms with Crippen molar-refractivity contribution in [3.63, 3.8) is 0 Å². The van der Waals surface area contributed by atoms with Crippen molar-refractivity contribution < 1.29 is 9.53 Å². The minimum absolute atomic E-state index is 0.0293. The highest BCUT2D eigenvalue weighted by Crippen LogP contribution is 2.22. The van der Waals surface area contributed by atoms with Crippen molar-refractivity contribution >= 4 is 17.3 Å². The highest BCUT2D eigenvalue weighted by atomic mass is 16.5. The van der Waals surface area contributed by atoms with Crippen molar-refractivity contribution in [3.8, 4) is 0 Å². The number of amides is 1. The number of rotatable bonds is 6. The molecule has 0 spiro atoms. The Balaban J connectivity index is 2.51. The van der Waals surface area contributed by atoms with Gasteiger partial charge in [0, 0.05) is 18.0 Å². The third kappa shape index (κ3) is 4.37. The van der Waals surface area contributed by atoms with Gasteiger partial charge >= 0.3 is 0 Å². The van der Waals surface area contributed by atoms with Crippen molar-refractivity contribution in [2.75, 3.05) is 24.3 Å². The molecule has 0 unspecified atom stereocenters. The predicted molar refractivity (Wildman–Crippen MR) is 74.7 cm³/mol. The topological polar surface area (TPSA) is 64.3 Å². The molecule has 0 heterocycles. The smallest absolute Gasteiger partial charge is 0.226 e. The van der Waals surface area contributed by atoms with E-state index in [9.17, 15) is 4.79 Å². The Morgan fingerprint density at radius 1 is 1.28 bits per heavy atom. The molecule has 0 atom stereocenters. The Morgan fingerprint density at radius 2 is 2.00 bits per heavy atom. The van der Waals surface area contributed by atoms with Gasteiger partial charge in [0.1, 0.15) is 0 Å². The Hall–Kier alpha value is -1.55. The number of hydrogen-bond acceptors (Lipinski definition) is 3. The Morgan fingerprint density at radius 3 is 2.67 bits per heavy atom. The average Bonchev–Trinajstić information content (AvgIpc) is 2.32. The Labute approximate surface area is 109 Å². The number of ether oxygens (including phenoxy) is 1. The summed E-state index contributed by atoms with van der Waals surface area (Å²) in [4.78, 5) is 11.7. The molecule has 0 fully saturated rings. The standard InChI is InChI=1S/C14H22N2O2/c1-4-6-18-7-5-14(17)16-13-9-10(2)12(15)8-11(13)3/h8-9H,4-7,15H2,1-3H3,(H,16,17). The largest absolute Gasteiger partial charge is 0.399 e. The minimum atomic E-state index is -0.0293. The first-order valence-electron chi connectivity index (χ1n) is 6.29. The maximum Gasteiger partial charge on any atom is 0.226 e. The van der Waals surface area contributed by atoms with Crippen LogP contribution < -0.4 is 11.1 Å². The fraction of sp³-hybridized carbons (Fsp3) is 0.500. The molecule has 4 heteroatoms. The third-order valence-corrected chi connectivity index (χ3v) is 2.71. The molecule has 18 heavy (non-hydrogen) atoms. The SMILES string of the molecule is CCCOCCC(=O)Nc1cc(C)c(N)cc1C. The van der Waals surface area contributed by atoms with Crippen LogP contribution in [0.2, 0.25) is 0 Å². The van der Waals surface area contributed by atoms with Crippen molar-refractivity contribution in [1.29, 1.82) is 0 Å². The zero-order chi connectivity index (χ0) is 13.5. The molecule has 0 aromatic heterocycles. The highest BCUT2D eigenvalue weighted by Gasteiger charge is 2.06. The lowest BCUT2D eigenvalue weighted by atomic mass is 10.1. The van der Waals surface area contributed by atoms with Crippen LogP contribution in [0.4, 0.5) is 11.4 Å². The summed E-state index contributed by atoms with van der Waals surface area (Å²) in [7, 11) is 0. The summed E-state index contributed by atoms with van der Waals surface area (Å²) in [6.07, 6.45) is 1.35. The van der Waals surface area contributed by atoms with Gasteiger partial charge in [-0.05, 0) is 43.5 Å². The van der Waals surface area contributed by atoms with E-state index in [2.05, 4.69) is 5.32 Å². The van der Waals surface area contributed by atoms with E-state index in [-0.39, 0.29) is 5.91 Å². The van der Waals surface area contributed by atoms with E-state index in [0.29, 0.717) is 19.6 Å². The van der Waals surface area contributed by atoms with Crippen LogP contribution in [0.15, 0.2) is 12.1 Å². The molecule has 0 bridgehead atoms. The molecule has 1 aromatic rings. The summed E-state index contributed by atoms with van der Waals surface area (Å²) in [5, 5.41) is 2.88. The lowest BCUT2D eigenvalue weighted by Crippen LogP contribution is -2.15. The fourth-order valence-electron chi connectivity index (χ4n) is 1.60. The van der Waals surface area contributed by atoms with Crippen molar-refractivity contribution in [2.24, 2.45) is 0 Å². The summed E-state index contributed by atoms with van der Waals surface area (Å²) in [5.41, 5.74) is 9.31. The van der Waals surface area contributed by atoms with Gasteiger partial charge in [-0.15, -0.1) is 0 Å². The van der Waals surface area contributed by atoms with Crippen LogP contribution in [-0.2, 0) is 9.53 Å². The van der Waals surface area contributed by atoms with Crippen LogP contribution in [0.1, 0.15) is 30.9 Å². The van der Waals surface area contributed by atoms with E-state index >= 15 is 0 Å². The number of nitrogens with one attached hydrogen (secondary N) is 1. The van der Waals surface area contributed by atoms with E-state index in [1.807, 2.05) is 32.9 Å².